The van der Waals surface area contributed by atoms with Crippen molar-refractivity contribution in [2.75, 3.05) is 12.3 Å². The summed E-state index contributed by atoms with van der Waals surface area (Å²) >= 11 is 2.73. The molecule has 2 rings (SSSR count). The van der Waals surface area contributed by atoms with Crippen LogP contribution in [0.4, 0.5) is 4.79 Å². The molecule has 1 atom stereocenters. The molecule has 1 fully saturated rings. The average molecular weight is 328 g/mol. The van der Waals surface area contributed by atoms with E-state index in [1.54, 1.807) is 0 Å². The van der Waals surface area contributed by atoms with Crippen molar-refractivity contribution in [1.82, 2.24) is 15.2 Å². The van der Waals surface area contributed by atoms with Crippen LogP contribution in [0.5, 0.6) is 0 Å². The highest BCUT2D eigenvalue weighted by Crippen LogP contribution is 2.22. The van der Waals surface area contributed by atoms with Crippen molar-refractivity contribution in [2.24, 2.45) is 5.73 Å². The molecule has 7 nitrogen and oxygen atoms in total. The van der Waals surface area contributed by atoms with Crippen LogP contribution in [0.3, 0.4) is 0 Å². The van der Waals surface area contributed by atoms with E-state index in [0.717, 1.165) is 10.0 Å². The molecular weight excluding hydrogens is 312 g/mol. The molecule has 114 valence electrons. The molecule has 21 heavy (non-hydrogen) atoms. The van der Waals surface area contributed by atoms with Crippen molar-refractivity contribution in [3.8, 4) is 0 Å². The minimum absolute atomic E-state index is 0.105. The number of imide groups is 1. The van der Waals surface area contributed by atoms with E-state index in [1.165, 1.54) is 28.0 Å². The van der Waals surface area contributed by atoms with Gasteiger partial charge < -0.3 is 10.6 Å². The molecule has 4 amide bonds. The van der Waals surface area contributed by atoms with Crippen molar-refractivity contribution in [3.63, 3.8) is 0 Å². The van der Waals surface area contributed by atoms with Crippen molar-refractivity contribution in [1.29, 1.82) is 0 Å². The Morgan fingerprint density at radius 3 is 2.95 bits per heavy atom. The van der Waals surface area contributed by atoms with Gasteiger partial charge in [0.05, 0.1) is 5.75 Å². The van der Waals surface area contributed by atoms with E-state index in [-0.39, 0.29) is 5.75 Å². The molecule has 1 aliphatic heterocycles. The van der Waals surface area contributed by atoms with Gasteiger partial charge in [0.25, 0.3) is 0 Å². The molecule has 2 heterocycles. The van der Waals surface area contributed by atoms with E-state index in [9.17, 15) is 14.4 Å². The number of urea groups is 1. The van der Waals surface area contributed by atoms with E-state index >= 15 is 0 Å². The van der Waals surface area contributed by atoms with Crippen LogP contribution in [-0.2, 0) is 9.59 Å². The Hall–Kier alpha value is -1.61. The number of hydrogen-bond acceptors (Lipinski definition) is 6. The minimum atomic E-state index is -0.618. The molecule has 9 heteroatoms. The molecule has 1 aromatic rings. The first-order valence-electron chi connectivity index (χ1n) is 6.42. The molecule has 0 radical (unpaired) electrons. The summed E-state index contributed by atoms with van der Waals surface area (Å²) in [6, 6.07) is -1.18. The van der Waals surface area contributed by atoms with Crippen LogP contribution >= 0.6 is 23.1 Å². The smallest absolute Gasteiger partial charge is 0.324 e. The fraction of sp³-hybridized carbons (Fsp3) is 0.500. The first kappa shape index (κ1) is 15.8. The molecule has 1 aliphatic rings. The van der Waals surface area contributed by atoms with Gasteiger partial charge >= 0.3 is 6.03 Å². The molecule has 0 spiro atoms. The van der Waals surface area contributed by atoms with Crippen molar-refractivity contribution < 1.29 is 14.4 Å². The van der Waals surface area contributed by atoms with Crippen LogP contribution in [-0.4, -0.2) is 46.1 Å². The molecule has 1 aromatic heterocycles. The van der Waals surface area contributed by atoms with Gasteiger partial charge in [-0.15, -0.1) is 11.3 Å². The van der Waals surface area contributed by atoms with Gasteiger partial charge in [-0.2, -0.15) is 0 Å². The number of nitrogens with one attached hydrogen (secondary N) is 1. The maximum absolute atomic E-state index is 11.9. The number of rotatable bonds is 4. The molecule has 0 aromatic carbocycles. The van der Waals surface area contributed by atoms with Crippen molar-refractivity contribution >= 4 is 40.9 Å². The normalized spacial score (nSPS) is 17.8. The largest absolute Gasteiger partial charge is 0.368 e. The highest BCUT2D eigenvalue weighted by Gasteiger charge is 2.33. The Morgan fingerprint density at radius 2 is 2.33 bits per heavy atom. The number of nitrogens with two attached hydrogens (primary N) is 1. The number of thioether (sulfide) groups is 1. The lowest BCUT2D eigenvalue weighted by Crippen LogP contribution is -2.49. The molecule has 0 bridgehead atoms. The van der Waals surface area contributed by atoms with E-state index in [4.69, 9.17) is 5.73 Å². The monoisotopic (exact) mass is 328 g/mol. The molecular formula is C12H16N4O3S2. The first-order valence-corrected chi connectivity index (χ1v) is 8.28. The quantitative estimate of drug-likeness (QED) is 0.793. The number of hydrogen-bond donors (Lipinski definition) is 2. The van der Waals surface area contributed by atoms with Crippen molar-refractivity contribution in [2.45, 2.75) is 30.1 Å². The summed E-state index contributed by atoms with van der Waals surface area (Å²) in [6.07, 6.45) is 1.26. The first-order chi connectivity index (χ1) is 9.97. The number of carbonyl (C=O) groups excluding carboxylic acids is 3. The predicted molar refractivity (Wildman–Crippen MR) is 80.0 cm³/mol. The summed E-state index contributed by atoms with van der Waals surface area (Å²) in [5.74, 6) is -0.843. The molecule has 1 saturated heterocycles. The zero-order valence-electron chi connectivity index (χ0n) is 11.5. The zero-order chi connectivity index (χ0) is 15.4. The van der Waals surface area contributed by atoms with E-state index < -0.39 is 23.9 Å². The highest BCUT2D eigenvalue weighted by molar-refractivity contribution is 8.01. The van der Waals surface area contributed by atoms with E-state index in [1.807, 2.05) is 12.3 Å². The standard InChI is InChI=1S/C12H16N4O3S2/c1-7-5-20-12(14-7)21-6-9(17)15-11(19)16-4-2-3-8(16)10(13)18/h5,8H,2-4,6H2,1H3,(H2,13,18)(H,15,17,19)/t8-/m1/s1. The van der Waals surface area contributed by atoms with Crippen LogP contribution in [0, 0.1) is 6.92 Å². The maximum atomic E-state index is 11.9. The number of likely N-dealkylation sites (tertiary alicyclic amines) is 1. The Balaban J connectivity index is 1.82. The SMILES string of the molecule is Cc1csc(SCC(=O)NC(=O)N2CCC[C@@H]2C(N)=O)n1. The second-order valence-corrected chi connectivity index (χ2v) is 6.73. The van der Waals surface area contributed by atoms with Crippen molar-refractivity contribution in [3.05, 3.63) is 11.1 Å². The zero-order valence-corrected chi connectivity index (χ0v) is 13.1. The summed E-state index contributed by atoms with van der Waals surface area (Å²) < 4.78 is 0.784. The second-order valence-electron chi connectivity index (χ2n) is 4.65. The third kappa shape index (κ3) is 4.18. The maximum Gasteiger partial charge on any atom is 0.324 e. The van der Waals surface area contributed by atoms with Gasteiger partial charge in [0.1, 0.15) is 6.04 Å². The highest BCUT2D eigenvalue weighted by atomic mass is 32.2. The number of aromatic nitrogens is 1. The summed E-state index contributed by atoms with van der Waals surface area (Å²) in [5, 5.41) is 4.18. The summed E-state index contributed by atoms with van der Waals surface area (Å²) in [6.45, 7) is 2.31. The Morgan fingerprint density at radius 1 is 1.57 bits per heavy atom. The van der Waals surface area contributed by atoms with Gasteiger partial charge in [-0.05, 0) is 19.8 Å². The van der Waals surface area contributed by atoms with Crippen LogP contribution in [0.1, 0.15) is 18.5 Å². The number of amides is 4. The van der Waals surface area contributed by atoms with Crippen LogP contribution in [0.25, 0.3) is 0 Å². The molecule has 3 N–H and O–H groups in total. The van der Waals surface area contributed by atoms with Crippen LogP contribution < -0.4 is 11.1 Å². The van der Waals surface area contributed by atoms with Crippen LogP contribution in [0.15, 0.2) is 9.72 Å². The third-order valence-electron chi connectivity index (χ3n) is 3.01. The van der Waals surface area contributed by atoms with E-state index in [2.05, 4.69) is 10.3 Å². The Kier molecular flexibility index (Phi) is 5.18. The lowest BCUT2D eigenvalue weighted by atomic mass is 10.2. The predicted octanol–water partition coefficient (Wildman–Crippen LogP) is 0.730. The molecule has 0 unspecified atom stereocenters. The Labute approximate surface area is 130 Å². The number of thiazole rings is 1. The van der Waals surface area contributed by atoms with Gasteiger partial charge in [0.15, 0.2) is 4.34 Å². The summed E-state index contributed by atoms with van der Waals surface area (Å²) in [7, 11) is 0. The van der Waals surface area contributed by atoms with Gasteiger partial charge in [-0.1, -0.05) is 11.8 Å². The average Bonchev–Trinajstić information content (AvgIpc) is 3.04. The summed E-state index contributed by atoms with van der Waals surface area (Å²) in [5.41, 5.74) is 6.14. The number of primary amides is 1. The topological polar surface area (TPSA) is 105 Å². The number of aryl methyl sites for hydroxylation is 1. The number of nitrogens with zero attached hydrogens (tertiary/aromatic N) is 2. The summed E-state index contributed by atoms with van der Waals surface area (Å²) in [4.78, 5) is 40.5. The number of carbonyl (C=O) groups is 3. The second kappa shape index (κ2) is 6.90. The van der Waals surface area contributed by atoms with Gasteiger partial charge in [-0.25, -0.2) is 9.78 Å². The van der Waals surface area contributed by atoms with Crippen LogP contribution in [0.2, 0.25) is 0 Å². The lowest BCUT2D eigenvalue weighted by Gasteiger charge is -2.21. The minimum Gasteiger partial charge on any atom is -0.368 e. The fourth-order valence-electron chi connectivity index (χ4n) is 2.06. The fourth-order valence-corrected chi connectivity index (χ4v) is 3.71. The van der Waals surface area contributed by atoms with Gasteiger partial charge in [0.2, 0.25) is 11.8 Å². The van der Waals surface area contributed by atoms with Gasteiger partial charge in [0, 0.05) is 17.6 Å². The van der Waals surface area contributed by atoms with Gasteiger partial charge in [-0.3, -0.25) is 14.9 Å². The third-order valence-corrected chi connectivity index (χ3v) is 5.15. The Bertz CT molecular complexity index is 560. The van der Waals surface area contributed by atoms with E-state index in [0.29, 0.717) is 19.4 Å². The molecule has 0 saturated carbocycles. The lowest BCUT2D eigenvalue weighted by molar-refractivity contribution is -0.122. The molecule has 0 aliphatic carbocycles.